The number of hydrogen-bond donors (Lipinski definition) is 0. The molecule has 0 aromatic heterocycles. The summed E-state index contributed by atoms with van der Waals surface area (Å²) in [6, 6.07) is 24.9. The molecule has 0 spiro atoms. The summed E-state index contributed by atoms with van der Waals surface area (Å²) >= 11 is 1.49. The maximum absolute atomic E-state index is 12.5. The van der Waals surface area contributed by atoms with E-state index in [0.29, 0.717) is 4.91 Å². The summed E-state index contributed by atoms with van der Waals surface area (Å²) in [7, 11) is 0. The van der Waals surface area contributed by atoms with E-state index in [2.05, 4.69) is 63.3 Å². The van der Waals surface area contributed by atoms with Crippen molar-refractivity contribution in [3.05, 3.63) is 83.3 Å². The molecule has 0 saturated carbocycles. The predicted molar refractivity (Wildman–Crippen MR) is 122 cm³/mol. The van der Waals surface area contributed by atoms with Crippen LogP contribution in [0.3, 0.4) is 0 Å². The fraction of sp³-hybridized carbons (Fsp3) is 0.167. The van der Waals surface area contributed by atoms with Crippen LogP contribution in [0.2, 0.25) is 0 Å². The summed E-state index contributed by atoms with van der Waals surface area (Å²) in [5, 5.41) is 3.16. The van der Waals surface area contributed by atoms with Gasteiger partial charge in [-0.3, -0.25) is 4.79 Å². The van der Waals surface area contributed by atoms with Gasteiger partial charge in [-0.05, 0) is 46.3 Å². The maximum atomic E-state index is 12.5. The zero-order chi connectivity index (χ0) is 19.6. The number of para-hydroxylation sites is 1. The third kappa shape index (κ3) is 3.66. The first-order valence-corrected chi connectivity index (χ1v) is 10.6. The number of thioether (sulfide) groups is 1. The smallest absolute Gasteiger partial charge is 0.286 e. The van der Waals surface area contributed by atoms with Crippen LogP contribution in [0.5, 0.6) is 0 Å². The van der Waals surface area contributed by atoms with Crippen LogP contribution in [0.25, 0.3) is 16.8 Å². The maximum Gasteiger partial charge on any atom is 0.286 e. The van der Waals surface area contributed by atoms with Crippen molar-refractivity contribution in [1.29, 1.82) is 0 Å². The minimum absolute atomic E-state index is 0.136. The van der Waals surface area contributed by atoms with Crippen LogP contribution in [0.15, 0.2) is 82.7 Å². The number of amides is 1. The van der Waals surface area contributed by atoms with Gasteiger partial charge in [0.15, 0.2) is 5.17 Å². The second kappa shape index (κ2) is 7.76. The monoisotopic (exact) mass is 399 g/mol. The Morgan fingerprint density at radius 3 is 2.31 bits per heavy atom. The molecule has 0 unspecified atom stereocenters. The molecule has 2 aliphatic rings. The number of anilines is 1. The molecule has 3 aromatic carbocycles. The Hall–Kier alpha value is -3.05. The summed E-state index contributed by atoms with van der Waals surface area (Å²) in [6.45, 7) is 3.60. The molecule has 0 bridgehead atoms. The Kier molecular flexibility index (Phi) is 4.82. The van der Waals surface area contributed by atoms with Crippen LogP contribution < -0.4 is 4.90 Å². The van der Waals surface area contributed by atoms with E-state index in [9.17, 15) is 4.79 Å². The van der Waals surface area contributed by atoms with Crippen LogP contribution in [0.1, 0.15) is 5.56 Å². The summed E-state index contributed by atoms with van der Waals surface area (Å²) < 4.78 is 0. The fourth-order valence-corrected chi connectivity index (χ4v) is 4.80. The average Bonchev–Trinajstić information content (AvgIpc) is 3.15. The highest BCUT2D eigenvalue weighted by Gasteiger charge is 2.28. The van der Waals surface area contributed by atoms with E-state index >= 15 is 0 Å². The van der Waals surface area contributed by atoms with Crippen molar-refractivity contribution in [2.24, 2.45) is 4.99 Å². The van der Waals surface area contributed by atoms with Gasteiger partial charge in [-0.2, -0.15) is 4.99 Å². The van der Waals surface area contributed by atoms with Gasteiger partial charge in [0.05, 0.1) is 4.91 Å². The number of amidine groups is 1. The largest absolute Gasteiger partial charge is 0.368 e. The molecule has 3 aromatic rings. The molecule has 0 atom stereocenters. The van der Waals surface area contributed by atoms with Gasteiger partial charge < -0.3 is 9.80 Å². The molecule has 5 heteroatoms. The van der Waals surface area contributed by atoms with Gasteiger partial charge in [0.1, 0.15) is 0 Å². The molecule has 29 heavy (non-hydrogen) atoms. The molecule has 4 nitrogen and oxygen atoms in total. The van der Waals surface area contributed by atoms with Gasteiger partial charge in [-0.25, -0.2) is 0 Å². The van der Waals surface area contributed by atoms with E-state index in [1.807, 2.05) is 30.3 Å². The van der Waals surface area contributed by atoms with Crippen molar-refractivity contribution in [3.63, 3.8) is 0 Å². The van der Waals surface area contributed by atoms with Crippen molar-refractivity contribution >= 4 is 45.4 Å². The van der Waals surface area contributed by atoms with Gasteiger partial charge >= 0.3 is 0 Å². The Morgan fingerprint density at radius 1 is 0.793 bits per heavy atom. The highest BCUT2D eigenvalue weighted by Crippen LogP contribution is 2.32. The molecule has 0 N–H and O–H groups in total. The second-order valence-corrected chi connectivity index (χ2v) is 8.20. The first-order chi connectivity index (χ1) is 14.3. The zero-order valence-electron chi connectivity index (χ0n) is 16.0. The molecule has 2 heterocycles. The van der Waals surface area contributed by atoms with Crippen LogP contribution >= 0.6 is 11.8 Å². The van der Waals surface area contributed by atoms with E-state index in [4.69, 9.17) is 0 Å². The van der Waals surface area contributed by atoms with E-state index in [0.717, 1.165) is 42.3 Å². The number of aliphatic imine (C=N–C) groups is 1. The highest BCUT2D eigenvalue weighted by atomic mass is 32.2. The molecule has 144 valence electrons. The minimum atomic E-state index is -0.136. The molecule has 5 rings (SSSR count). The summed E-state index contributed by atoms with van der Waals surface area (Å²) in [6.07, 6.45) is 1.98. The van der Waals surface area contributed by atoms with Crippen LogP contribution in [-0.2, 0) is 4.79 Å². The van der Waals surface area contributed by atoms with Crippen molar-refractivity contribution < 1.29 is 4.79 Å². The average molecular weight is 400 g/mol. The molecular formula is C24H21N3OS. The lowest BCUT2D eigenvalue weighted by molar-refractivity contribution is -0.113. The molecule has 1 saturated heterocycles. The lowest BCUT2D eigenvalue weighted by Gasteiger charge is -2.36. The number of rotatable bonds is 2. The van der Waals surface area contributed by atoms with Crippen LogP contribution in [0, 0.1) is 0 Å². The molecule has 1 fully saturated rings. The summed E-state index contributed by atoms with van der Waals surface area (Å²) in [4.78, 5) is 22.2. The predicted octanol–water partition coefficient (Wildman–Crippen LogP) is 4.63. The molecule has 0 aliphatic carbocycles. The number of benzene rings is 3. The molecule has 2 aliphatic heterocycles. The van der Waals surface area contributed by atoms with Gasteiger partial charge in [0, 0.05) is 31.9 Å². The Labute approximate surface area is 174 Å². The van der Waals surface area contributed by atoms with Crippen LogP contribution in [-0.4, -0.2) is 42.2 Å². The number of carbonyl (C=O) groups excluding carboxylic acids is 1. The Balaban J connectivity index is 1.30. The number of fused-ring (bicyclic) bond motifs is 1. The first-order valence-electron chi connectivity index (χ1n) is 9.83. The van der Waals surface area contributed by atoms with Crippen molar-refractivity contribution in [2.75, 3.05) is 31.1 Å². The van der Waals surface area contributed by atoms with Gasteiger partial charge in [0.2, 0.25) is 0 Å². The van der Waals surface area contributed by atoms with Crippen LogP contribution in [0.4, 0.5) is 5.69 Å². The van der Waals surface area contributed by atoms with Crippen molar-refractivity contribution in [2.45, 2.75) is 0 Å². The summed E-state index contributed by atoms with van der Waals surface area (Å²) in [5.41, 5.74) is 2.31. The van der Waals surface area contributed by atoms with Gasteiger partial charge in [-0.1, -0.05) is 60.7 Å². The number of carbonyl (C=O) groups is 1. The molecule has 0 radical (unpaired) electrons. The number of nitrogens with zero attached hydrogens (tertiary/aromatic N) is 3. The van der Waals surface area contributed by atoms with E-state index in [1.165, 1.54) is 22.8 Å². The standard InChI is InChI=1S/C24H21N3OS/c28-23-22(17-19-9-6-8-18-7-4-5-12-21(18)19)29-24(25-23)27-15-13-26(14-16-27)20-10-2-1-3-11-20/h1-12,17H,13-16H2. The first kappa shape index (κ1) is 18.0. The Morgan fingerprint density at radius 2 is 1.48 bits per heavy atom. The lowest BCUT2D eigenvalue weighted by atomic mass is 10.0. The van der Waals surface area contributed by atoms with E-state index < -0.39 is 0 Å². The quantitative estimate of drug-likeness (QED) is 0.589. The third-order valence-electron chi connectivity index (χ3n) is 5.39. The van der Waals surface area contributed by atoms with E-state index in [1.54, 1.807) is 0 Å². The van der Waals surface area contributed by atoms with E-state index in [-0.39, 0.29) is 5.91 Å². The zero-order valence-corrected chi connectivity index (χ0v) is 16.8. The number of hydrogen-bond acceptors (Lipinski definition) is 4. The lowest BCUT2D eigenvalue weighted by Crippen LogP contribution is -2.47. The minimum Gasteiger partial charge on any atom is -0.368 e. The van der Waals surface area contributed by atoms with Gasteiger partial charge in [-0.15, -0.1) is 0 Å². The molecular weight excluding hydrogens is 378 g/mol. The Bertz CT molecular complexity index is 1110. The third-order valence-corrected chi connectivity index (χ3v) is 6.44. The number of piperazine rings is 1. The molecule has 1 amide bonds. The fourth-order valence-electron chi connectivity index (χ4n) is 3.85. The van der Waals surface area contributed by atoms with Gasteiger partial charge in [0.25, 0.3) is 5.91 Å². The normalized spacial score (nSPS) is 18.6. The van der Waals surface area contributed by atoms with Crippen molar-refractivity contribution in [1.82, 2.24) is 4.90 Å². The topological polar surface area (TPSA) is 35.9 Å². The second-order valence-electron chi connectivity index (χ2n) is 7.19. The van der Waals surface area contributed by atoms with Crippen molar-refractivity contribution in [3.8, 4) is 0 Å². The highest BCUT2D eigenvalue weighted by molar-refractivity contribution is 8.18. The SMILES string of the molecule is O=C1N=C(N2CCN(c3ccccc3)CC2)SC1=Cc1cccc2ccccc12. The summed E-state index contributed by atoms with van der Waals surface area (Å²) in [5.74, 6) is -0.136.